The number of hydrogen-bond acceptors (Lipinski definition) is 4. The third kappa shape index (κ3) is 2.98. The fraction of sp³-hybridized carbons (Fsp3) is 0.529. The van der Waals surface area contributed by atoms with Gasteiger partial charge in [0.2, 0.25) is 0 Å². The molecule has 4 nitrogen and oxygen atoms in total. The van der Waals surface area contributed by atoms with E-state index in [1.54, 1.807) is 0 Å². The lowest BCUT2D eigenvalue weighted by Gasteiger charge is -2.45. The molecule has 3 rings (SSSR count). The van der Waals surface area contributed by atoms with Crippen LogP contribution in [-0.4, -0.2) is 48.6 Å². The van der Waals surface area contributed by atoms with Crippen molar-refractivity contribution in [1.82, 2.24) is 9.80 Å². The van der Waals surface area contributed by atoms with Gasteiger partial charge in [0.15, 0.2) is 0 Å². The molecule has 1 aliphatic heterocycles. The molecule has 1 unspecified atom stereocenters. The second-order valence-electron chi connectivity index (χ2n) is 6.76. The Balaban J connectivity index is 1.70. The van der Waals surface area contributed by atoms with Gasteiger partial charge in [0.05, 0.1) is 6.04 Å². The zero-order valence-corrected chi connectivity index (χ0v) is 13.2. The minimum Gasteiger partial charge on any atom is -0.459 e. The zero-order valence-electron chi connectivity index (χ0n) is 13.2. The van der Waals surface area contributed by atoms with Gasteiger partial charge in [0.1, 0.15) is 11.3 Å². The van der Waals surface area contributed by atoms with E-state index in [0.29, 0.717) is 0 Å². The van der Waals surface area contributed by atoms with Gasteiger partial charge in [-0.1, -0.05) is 18.2 Å². The molecule has 1 aromatic carbocycles. The Morgan fingerprint density at radius 1 is 1.29 bits per heavy atom. The third-order valence-corrected chi connectivity index (χ3v) is 4.66. The van der Waals surface area contributed by atoms with Gasteiger partial charge in [-0.15, -0.1) is 0 Å². The SMILES string of the molecule is CN1CCN(CC(N)c2cc3ccccc3o2)CC1(C)C. The fourth-order valence-electron chi connectivity index (χ4n) is 3.05. The summed E-state index contributed by atoms with van der Waals surface area (Å²) >= 11 is 0. The number of furan rings is 1. The Bertz CT molecular complexity index is 586. The maximum atomic E-state index is 6.36. The monoisotopic (exact) mass is 287 g/mol. The van der Waals surface area contributed by atoms with Crippen LogP contribution in [-0.2, 0) is 0 Å². The standard InChI is InChI=1S/C17H25N3O/c1-17(2)12-20(9-8-19(17)3)11-14(18)16-10-13-6-4-5-7-15(13)21-16/h4-7,10,14H,8-9,11-12,18H2,1-3H3. The topological polar surface area (TPSA) is 45.6 Å². The smallest absolute Gasteiger partial charge is 0.134 e. The highest BCUT2D eigenvalue weighted by atomic mass is 16.3. The molecule has 1 fully saturated rings. The fourth-order valence-corrected chi connectivity index (χ4v) is 3.05. The van der Waals surface area contributed by atoms with E-state index in [4.69, 9.17) is 10.2 Å². The zero-order chi connectivity index (χ0) is 15.0. The van der Waals surface area contributed by atoms with Gasteiger partial charge in [-0.2, -0.15) is 0 Å². The molecule has 114 valence electrons. The molecule has 0 bridgehead atoms. The predicted octanol–water partition coefficient (Wildman–Crippen LogP) is 2.46. The summed E-state index contributed by atoms with van der Waals surface area (Å²) in [7, 11) is 2.19. The van der Waals surface area contributed by atoms with E-state index in [9.17, 15) is 0 Å². The minimum absolute atomic E-state index is 0.0726. The number of rotatable bonds is 3. The number of nitrogens with two attached hydrogens (primary N) is 1. The molecule has 0 amide bonds. The highest BCUT2D eigenvalue weighted by Gasteiger charge is 2.31. The molecular weight excluding hydrogens is 262 g/mol. The number of likely N-dealkylation sites (N-methyl/N-ethyl adjacent to an activating group) is 1. The number of nitrogens with zero attached hydrogens (tertiary/aromatic N) is 2. The lowest BCUT2D eigenvalue weighted by molar-refractivity contribution is 0.0362. The Labute approximate surface area is 126 Å². The van der Waals surface area contributed by atoms with Gasteiger partial charge in [-0.3, -0.25) is 9.80 Å². The van der Waals surface area contributed by atoms with Crippen LogP contribution in [0.25, 0.3) is 11.0 Å². The van der Waals surface area contributed by atoms with E-state index in [-0.39, 0.29) is 11.6 Å². The van der Waals surface area contributed by atoms with Gasteiger partial charge in [0.25, 0.3) is 0 Å². The van der Waals surface area contributed by atoms with Gasteiger partial charge in [-0.25, -0.2) is 0 Å². The van der Waals surface area contributed by atoms with E-state index in [2.05, 4.69) is 42.8 Å². The van der Waals surface area contributed by atoms with Crippen LogP contribution in [0.4, 0.5) is 0 Å². The van der Waals surface area contributed by atoms with Crippen molar-refractivity contribution in [3.05, 3.63) is 36.1 Å². The normalized spacial score (nSPS) is 21.7. The highest BCUT2D eigenvalue weighted by molar-refractivity contribution is 5.77. The highest BCUT2D eigenvalue weighted by Crippen LogP contribution is 2.25. The number of piperazine rings is 1. The van der Waals surface area contributed by atoms with Crippen molar-refractivity contribution in [2.24, 2.45) is 5.73 Å². The quantitative estimate of drug-likeness (QED) is 0.942. The Morgan fingerprint density at radius 2 is 2.05 bits per heavy atom. The molecule has 1 atom stereocenters. The van der Waals surface area contributed by atoms with E-state index in [1.807, 2.05) is 18.2 Å². The molecule has 4 heteroatoms. The van der Waals surface area contributed by atoms with Crippen LogP contribution in [0.5, 0.6) is 0 Å². The first-order valence-electron chi connectivity index (χ1n) is 7.63. The molecule has 1 aromatic heterocycles. The molecular formula is C17H25N3O. The van der Waals surface area contributed by atoms with Crippen molar-refractivity contribution in [3.63, 3.8) is 0 Å². The van der Waals surface area contributed by atoms with Crippen LogP contribution in [0, 0.1) is 0 Å². The average molecular weight is 287 g/mol. The van der Waals surface area contributed by atoms with Crippen LogP contribution >= 0.6 is 0 Å². The van der Waals surface area contributed by atoms with Crippen LogP contribution in [0.3, 0.4) is 0 Å². The summed E-state index contributed by atoms with van der Waals surface area (Å²) in [6, 6.07) is 10.1. The van der Waals surface area contributed by atoms with E-state index in [1.165, 1.54) is 0 Å². The number of fused-ring (bicyclic) bond motifs is 1. The molecule has 21 heavy (non-hydrogen) atoms. The lowest BCUT2D eigenvalue weighted by atomic mass is 9.99. The van der Waals surface area contributed by atoms with Crippen LogP contribution in [0.1, 0.15) is 25.6 Å². The Kier molecular flexibility index (Phi) is 3.78. The first-order chi connectivity index (χ1) is 9.95. The molecule has 2 N–H and O–H groups in total. The maximum Gasteiger partial charge on any atom is 0.134 e. The lowest BCUT2D eigenvalue weighted by Crippen LogP contribution is -2.58. The predicted molar refractivity (Wildman–Crippen MR) is 86.3 cm³/mol. The third-order valence-electron chi connectivity index (χ3n) is 4.66. The molecule has 2 heterocycles. The summed E-state index contributed by atoms with van der Waals surface area (Å²) in [6.45, 7) is 8.60. The van der Waals surface area contributed by atoms with Crippen LogP contribution < -0.4 is 5.73 Å². The number of para-hydroxylation sites is 1. The summed E-state index contributed by atoms with van der Waals surface area (Å²) in [5.41, 5.74) is 7.48. The van der Waals surface area contributed by atoms with Crippen LogP contribution in [0.2, 0.25) is 0 Å². The summed E-state index contributed by atoms with van der Waals surface area (Å²) in [5.74, 6) is 0.882. The minimum atomic E-state index is -0.0726. The van der Waals surface area contributed by atoms with Crippen molar-refractivity contribution in [3.8, 4) is 0 Å². The first kappa shape index (κ1) is 14.6. The van der Waals surface area contributed by atoms with Crippen molar-refractivity contribution < 1.29 is 4.42 Å². The molecule has 1 saturated heterocycles. The van der Waals surface area contributed by atoms with Crippen molar-refractivity contribution >= 4 is 11.0 Å². The van der Waals surface area contributed by atoms with Gasteiger partial charge in [0, 0.05) is 37.1 Å². The first-order valence-corrected chi connectivity index (χ1v) is 7.63. The average Bonchev–Trinajstić information content (AvgIpc) is 2.86. The van der Waals surface area contributed by atoms with Gasteiger partial charge in [-0.05, 0) is 33.0 Å². The molecule has 1 aliphatic rings. The van der Waals surface area contributed by atoms with Crippen molar-refractivity contribution in [2.45, 2.75) is 25.4 Å². The largest absolute Gasteiger partial charge is 0.459 e. The van der Waals surface area contributed by atoms with Gasteiger partial charge >= 0.3 is 0 Å². The summed E-state index contributed by atoms with van der Waals surface area (Å²) in [5, 5.41) is 1.13. The Hall–Kier alpha value is -1.36. The van der Waals surface area contributed by atoms with E-state index >= 15 is 0 Å². The molecule has 0 radical (unpaired) electrons. The maximum absolute atomic E-state index is 6.36. The summed E-state index contributed by atoms with van der Waals surface area (Å²) < 4.78 is 5.88. The molecule has 0 saturated carbocycles. The van der Waals surface area contributed by atoms with Crippen LogP contribution in [0.15, 0.2) is 34.7 Å². The van der Waals surface area contributed by atoms with Gasteiger partial charge < -0.3 is 10.2 Å². The number of hydrogen-bond donors (Lipinski definition) is 1. The summed E-state index contributed by atoms with van der Waals surface area (Å²) in [6.07, 6.45) is 0. The molecule has 0 aliphatic carbocycles. The van der Waals surface area contributed by atoms with E-state index < -0.39 is 0 Å². The van der Waals surface area contributed by atoms with E-state index in [0.717, 1.165) is 42.9 Å². The molecule has 2 aromatic rings. The molecule has 0 spiro atoms. The second-order valence-corrected chi connectivity index (χ2v) is 6.76. The Morgan fingerprint density at radius 3 is 2.76 bits per heavy atom. The number of benzene rings is 1. The van der Waals surface area contributed by atoms with Crippen molar-refractivity contribution in [1.29, 1.82) is 0 Å². The second kappa shape index (κ2) is 5.44. The van der Waals surface area contributed by atoms with Crippen molar-refractivity contribution in [2.75, 3.05) is 33.2 Å². The summed E-state index contributed by atoms with van der Waals surface area (Å²) in [4.78, 5) is 4.86.